The van der Waals surface area contributed by atoms with Crippen LogP contribution in [-0.4, -0.2) is 328 Å². The lowest BCUT2D eigenvalue weighted by Crippen LogP contribution is -2.46. The van der Waals surface area contributed by atoms with Crippen LogP contribution in [0.4, 0.5) is 0 Å². The van der Waals surface area contributed by atoms with Crippen LogP contribution < -0.4 is 33.1 Å². The van der Waals surface area contributed by atoms with Gasteiger partial charge in [0.1, 0.15) is 83.1 Å². The first-order valence-electron chi connectivity index (χ1n) is 38.0. The molecule has 13 fully saturated rings. The maximum absolute atomic E-state index is 10.5. The smallest absolute Gasteiger partial charge is 0.313 e. The van der Waals surface area contributed by atoms with E-state index in [9.17, 15) is 178 Å². The molecule has 132 heavy (non-hydrogen) atoms. The highest BCUT2D eigenvalue weighted by Gasteiger charge is 2.29. The second-order valence-electron chi connectivity index (χ2n) is 27.4. The maximum atomic E-state index is 10.5. The van der Waals surface area contributed by atoms with Gasteiger partial charge in [-0.1, -0.05) is 11.8 Å². The largest absolute Gasteiger partial charge is 0.493 e. The van der Waals surface area contributed by atoms with Gasteiger partial charge >= 0.3 is 26.4 Å². The number of ketones is 18. The SMILES string of the molecule is O=C1C=CC(=O)C1.O=C1C=COC1.O=C1C=CS(=O)(=O)C1.O=C1C=CS(=O)C1.O=C1C=CSC1.O=C1CCC(=O)C1.O=C1CCC(=O)C1.O=C1CCCS(=O)(=O)N1.O=C1CCNS(=O)(=O)N1.O=C1CCNS(=O)(=O)N1.O=C1CCOC1.O=C1CCS(=O)(=O)C1.O=C1CCS(=O)C1.O=C1CCSC1.O=C1CNS(=O)(=O)C1.O=C1CNS(=O)(=O)C1.O=C1COC(=O)C1.O=C1CSC(=O)C1. The number of Topliss-reactive ketones (excluding diaryl/α,β-unsaturated/α-hetero) is 12. The van der Waals surface area contributed by atoms with Gasteiger partial charge in [-0.2, -0.15) is 38.0 Å². The molecule has 2 saturated carbocycles. The number of ether oxygens (including phenoxy) is 3. The molecule has 15 aliphatic heterocycles. The van der Waals surface area contributed by atoms with E-state index in [1.807, 2.05) is 10.1 Å². The Hall–Kier alpha value is -9.09. The molecule has 49 nitrogen and oxygen atoms in total. The lowest BCUT2D eigenvalue weighted by Gasteiger charge is -2.12. The summed E-state index contributed by atoms with van der Waals surface area (Å²) in [7, 11) is -24.4. The van der Waals surface area contributed by atoms with Crippen LogP contribution in [0.5, 0.6) is 0 Å². The number of carbonyl (C=O) groups is 23. The number of cyclic esters (lactones) is 1. The average molecular weight is 2100 g/mol. The molecule has 0 aromatic heterocycles. The summed E-state index contributed by atoms with van der Waals surface area (Å²) in [5.41, 5.74) is 0. The number of hydrogen-bond donors (Lipinski definition) is 7. The highest BCUT2D eigenvalue weighted by molar-refractivity contribution is 8.15. The van der Waals surface area contributed by atoms with Gasteiger partial charge in [0, 0.05) is 123 Å². The first kappa shape index (κ1) is 121. The molecule has 736 valence electrons. The van der Waals surface area contributed by atoms with Crippen molar-refractivity contribution in [2.24, 2.45) is 0 Å². The predicted molar refractivity (Wildman–Crippen MR) is 468 cm³/mol. The van der Waals surface area contributed by atoms with Crippen molar-refractivity contribution in [3.63, 3.8) is 0 Å². The molecule has 7 N–H and O–H groups in total. The first-order chi connectivity index (χ1) is 61.3. The Morgan fingerprint density at radius 1 is 0.371 bits per heavy atom. The normalized spacial score (nSPS) is 23.8. The maximum Gasteiger partial charge on any atom is 0.313 e. The Labute approximate surface area is 774 Å². The number of hydrogen-bond acceptors (Lipinski definition) is 45. The van der Waals surface area contributed by atoms with Crippen molar-refractivity contribution in [3.05, 3.63) is 58.9 Å². The molecule has 18 rings (SSSR count). The molecule has 0 radical (unpaired) electrons. The number of amides is 3. The lowest BCUT2D eigenvalue weighted by atomic mass is 10.3. The quantitative estimate of drug-likeness (QED) is 0.0876. The minimum absolute atomic E-state index is 0.0150. The molecule has 61 heteroatoms. The van der Waals surface area contributed by atoms with Gasteiger partial charge in [-0.25, -0.2) is 61.0 Å². The van der Waals surface area contributed by atoms with Crippen molar-refractivity contribution in [2.75, 3.05) is 127 Å². The third-order valence-corrected chi connectivity index (χ3v) is 29.2. The van der Waals surface area contributed by atoms with E-state index >= 15 is 0 Å². The fourth-order valence-electron chi connectivity index (χ4n) is 9.02. The topological polar surface area (TPSA) is 778 Å². The molecule has 0 spiro atoms. The van der Waals surface area contributed by atoms with E-state index in [2.05, 4.69) is 28.4 Å². The Morgan fingerprint density at radius 3 is 1.06 bits per heavy atom. The average Bonchev–Trinajstić information content (AvgIpc) is 1.71. The summed E-state index contributed by atoms with van der Waals surface area (Å²) in [6, 6.07) is 0. The molecule has 3 amide bonds. The Bertz CT molecular complexity index is 4840. The van der Waals surface area contributed by atoms with Gasteiger partial charge in [0.25, 0.3) is 0 Å². The van der Waals surface area contributed by atoms with Crippen LogP contribution in [0.15, 0.2) is 58.9 Å². The molecular weight excluding hydrogens is 2010 g/mol. The third-order valence-electron chi connectivity index (χ3n) is 15.2. The van der Waals surface area contributed by atoms with Gasteiger partial charge < -0.3 is 14.2 Å². The standard InChI is InChI=1S/2C5H6O2.C5H4O2.C4H7NO3S.C4H6O3S.C4H4O3S.C4H4O3.C4H4O2S.C4H6O2S.C4H4O2S.C4H6O2.C4H4O2.C4H6OS.C4H4OS.2C3H6N2O3S.2C3H5NO3S/c3*6-4-1-2-5(7)3-4;6-4-2-1-3-9(7,8)5-4;2*5-4-1-2-8(6,7)3-4;2*5-3-1-4(6)7-2-3;2*5-4-1-2-7(6)3-4;4*5-4-1-2-6-3-4;2*6-3-1-2-4-9(7,8)5-3;2*5-3-1-4-8(6,7)2-3/h2*1-3H2;1-2H,3H2;1-3H2,(H,5,6);1-3H2;1-2H,3H2;2*1-2H2;1-3H2;1-2H,3H2;1-3H2;1-2H,3H2;1-3H2;1-2H,3H2;2*4H,1-2H2,(H,5,6);2*4H,1-2H2. The third kappa shape index (κ3) is 66.3. The number of sulfonamides is 3. The van der Waals surface area contributed by atoms with Crippen LogP contribution >= 0.6 is 35.3 Å². The van der Waals surface area contributed by atoms with Crippen molar-refractivity contribution >= 4 is 260 Å². The number of allylic oxidation sites excluding steroid dienone is 5. The van der Waals surface area contributed by atoms with E-state index < -0.39 is 110 Å². The van der Waals surface area contributed by atoms with Gasteiger partial charge in [-0.3, -0.25) is 123 Å². The fourth-order valence-corrected chi connectivity index (χ4v) is 20.1. The highest BCUT2D eigenvalue weighted by Crippen LogP contribution is 2.16. The van der Waals surface area contributed by atoms with Crippen molar-refractivity contribution in [2.45, 2.75) is 109 Å². The van der Waals surface area contributed by atoms with E-state index in [1.54, 1.807) is 39.0 Å². The molecule has 18 aliphatic rings. The van der Waals surface area contributed by atoms with Crippen LogP contribution in [-0.2, 0) is 216 Å². The number of thioether (sulfide) groups is 3. The number of esters is 1. The monoisotopic (exact) mass is 2100 g/mol. The second-order valence-corrected chi connectivity index (χ2v) is 45.9. The Morgan fingerprint density at radius 2 is 0.917 bits per heavy atom. The minimum atomic E-state index is -3.48. The fraction of sp³-hybridized carbons (Fsp3) is 0.535. The molecule has 0 aromatic carbocycles. The van der Waals surface area contributed by atoms with Gasteiger partial charge in [-0.15, -0.1) is 11.8 Å². The van der Waals surface area contributed by atoms with Crippen molar-refractivity contribution in [3.8, 4) is 0 Å². The van der Waals surface area contributed by atoms with Crippen LogP contribution in [0.25, 0.3) is 0 Å². The van der Waals surface area contributed by atoms with Crippen molar-refractivity contribution in [1.82, 2.24) is 33.1 Å². The van der Waals surface area contributed by atoms with E-state index in [1.165, 1.54) is 36.0 Å². The number of rotatable bonds is 0. The molecule has 2 atom stereocenters. The van der Waals surface area contributed by atoms with Crippen LogP contribution in [0.1, 0.15) is 109 Å². The molecule has 11 saturated heterocycles. The molecule has 0 bridgehead atoms. The van der Waals surface area contributed by atoms with E-state index in [0.29, 0.717) is 93.4 Å². The number of nitrogens with one attached hydrogen (secondary N) is 7. The van der Waals surface area contributed by atoms with E-state index in [-0.39, 0.29) is 240 Å². The van der Waals surface area contributed by atoms with Crippen LogP contribution in [0.2, 0.25) is 0 Å². The van der Waals surface area contributed by atoms with E-state index in [4.69, 9.17) is 4.74 Å². The minimum Gasteiger partial charge on any atom is -0.493 e. The zero-order valence-electron chi connectivity index (χ0n) is 69.7. The Balaban J connectivity index is 0.000000700. The zero-order chi connectivity index (χ0) is 100. The lowest BCUT2D eigenvalue weighted by molar-refractivity contribution is -0.138. The first-order valence-corrected chi connectivity index (χ1v) is 55.5. The number of sulfone groups is 2. The van der Waals surface area contributed by atoms with Gasteiger partial charge in [0.05, 0.1) is 103 Å². The summed E-state index contributed by atoms with van der Waals surface area (Å²) in [5, 5.41) is 4.20. The van der Waals surface area contributed by atoms with Gasteiger partial charge in [-0.05, 0) is 42.2 Å². The highest BCUT2D eigenvalue weighted by atomic mass is 32.2. The van der Waals surface area contributed by atoms with Crippen LogP contribution in [0.3, 0.4) is 0 Å². The predicted octanol–water partition coefficient (Wildman–Crippen LogP) is -6.70. The summed E-state index contributed by atoms with van der Waals surface area (Å²) < 4.78 is 193. The van der Waals surface area contributed by atoms with Crippen molar-refractivity contribution < 1.29 is 192 Å². The summed E-state index contributed by atoms with van der Waals surface area (Å²) in [6.45, 7) is 1.56. The molecule has 2 unspecified atom stereocenters. The number of carbonyl (C=O) groups excluding carboxylic acids is 23. The van der Waals surface area contributed by atoms with E-state index in [0.717, 1.165) is 41.2 Å². The molecule has 3 aliphatic carbocycles. The molecule has 15 heterocycles. The van der Waals surface area contributed by atoms with Gasteiger partial charge in [0.2, 0.25) is 47.8 Å². The second kappa shape index (κ2) is 62.5. The summed E-state index contributed by atoms with van der Waals surface area (Å²) >= 11 is 4.40. The molecule has 0 aromatic rings. The Kier molecular flexibility index (Phi) is 57.2. The van der Waals surface area contributed by atoms with Crippen molar-refractivity contribution in [1.29, 1.82) is 0 Å². The summed E-state index contributed by atoms with van der Waals surface area (Å²) in [5.74, 6) is 1.43. The summed E-state index contributed by atoms with van der Waals surface area (Å²) in [6.07, 6.45) is 15.4. The molecular formula is C71H93N7O42S12. The summed E-state index contributed by atoms with van der Waals surface area (Å²) in [4.78, 5) is 235. The van der Waals surface area contributed by atoms with Crippen LogP contribution in [0, 0.1) is 0 Å². The zero-order valence-corrected chi connectivity index (χ0v) is 79.5. The van der Waals surface area contributed by atoms with Gasteiger partial charge in [0.15, 0.2) is 95.0 Å².